The van der Waals surface area contributed by atoms with Crippen molar-refractivity contribution >= 4 is 11.9 Å². The number of amides is 1. The topological polar surface area (TPSA) is 86.6 Å². The van der Waals surface area contributed by atoms with Gasteiger partial charge in [0.25, 0.3) is 0 Å². The molecule has 70 valence electrons. The molecule has 0 aliphatic rings. The lowest BCUT2D eigenvalue weighted by Crippen LogP contribution is -2.17. The van der Waals surface area contributed by atoms with Crippen LogP contribution in [0.4, 0.5) is 0 Å². The van der Waals surface area contributed by atoms with Gasteiger partial charge < -0.3 is 15.5 Å². The number of carbonyl (C=O) groups is 2. The van der Waals surface area contributed by atoms with Crippen LogP contribution in [0.15, 0.2) is 12.2 Å². The van der Waals surface area contributed by atoms with Gasteiger partial charge in [0.2, 0.25) is 5.91 Å². The van der Waals surface area contributed by atoms with Gasteiger partial charge in [0, 0.05) is 12.6 Å². The molecule has 0 saturated carbocycles. The maximum Gasteiger partial charge on any atom is 0.329 e. The van der Waals surface area contributed by atoms with Crippen LogP contribution in [-0.4, -0.2) is 35.7 Å². The first-order chi connectivity index (χ1) is 5.45. The van der Waals surface area contributed by atoms with Crippen LogP contribution in [0.3, 0.4) is 0 Å². The van der Waals surface area contributed by atoms with Crippen LogP contribution in [0.25, 0.3) is 0 Å². The lowest BCUT2D eigenvalue weighted by molar-refractivity contribution is -0.140. The third kappa shape index (κ3) is 11.4. The minimum atomic E-state index is -1.19. The molecule has 12 heavy (non-hydrogen) atoms. The van der Waals surface area contributed by atoms with Crippen molar-refractivity contribution in [1.29, 1.82) is 0 Å². The summed E-state index contributed by atoms with van der Waals surface area (Å²) in [5.74, 6) is -1.29. The van der Waals surface area contributed by atoms with Crippen molar-refractivity contribution < 1.29 is 19.8 Å². The number of carbonyl (C=O) groups excluding carboxylic acids is 1. The molecule has 0 spiro atoms. The van der Waals surface area contributed by atoms with E-state index in [-0.39, 0.29) is 5.91 Å². The first-order valence-corrected chi connectivity index (χ1v) is 3.16. The number of aliphatic hydroxyl groups is 1. The lowest BCUT2D eigenvalue weighted by Gasteiger charge is -1.91. The number of likely N-dealkylation sites (N-methyl/N-ethyl adjacent to an activating group) is 1. The molecule has 5 heteroatoms. The molecule has 0 rings (SSSR count). The molecule has 0 aromatic rings. The average Bonchev–Trinajstić information content (AvgIpc) is 2.04. The van der Waals surface area contributed by atoms with Gasteiger partial charge in [0.05, 0.1) is 0 Å². The first kappa shape index (κ1) is 13.2. The van der Waals surface area contributed by atoms with Crippen LogP contribution < -0.4 is 5.32 Å². The third-order valence-corrected chi connectivity index (χ3v) is 0.750. The number of carboxylic acid groups (broad SMARTS) is 1. The molecule has 0 radical (unpaired) electrons. The lowest BCUT2D eigenvalue weighted by atomic mass is 10.3. The molecule has 0 bridgehead atoms. The molecule has 0 aliphatic heterocycles. The summed E-state index contributed by atoms with van der Waals surface area (Å²) in [5, 5.41) is 17.4. The van der Waals surface area contributed by atoms with E-state index in [1.165, 1.54) is 0 Å². The van der Waals surface area contributed by atoms with Gasteiger partial charge in [-0.25, -0.2) is 4.79 Å². The Morgan fingerprint density at radius 2 is 1.83 bits per heavy atom. The molecule has 0 atom stereocenters. The first-order valence-electron chi connectivity index (χ1n) is 3.16. The second kappa shape index (κ2) is 7.74. The molecule has 0 aromatic carbocycles. The van der Waals surface area contributed by atoms with Crippen molar-refractivity contribution in [2.45, 2.75) is 6.92 Å². The predicted octanol–water partition coefficient (Wildman–Crippen LogP) is -0.628. The van der Waals surface area contributed by atoms with Crippen LogP contribution in [0.5, 0.6) is 0 Å². The zero-order valence-corrected chi connectivity index (χ0v) is 7.13. The van der Waals surface area contributed by atoms with E-state index < -0.39 is 12.6 Å². The second-order valence-corrected chi connectivity index (χ2v) is 1.91. The Morgan fingerprint density at radius 1 is 1.50 bits per heavy atom. The highest BCUT2D eigenvalue weighted by Gasteiger charge is 1.92. The Bertz CT molecular complexity index is 176. The molecule has 3 N–H and O–H groups in total. The number of nitrogens with one attached hydrogen (secondary N) is 1. The summed E-state index contributed by atoms with van der Waals surface area (Å²) >= 11 is 0. The van der Waals surface area contributed by atoms with Gasteiger partial charge >= 0.3 is 5.97 Å². The predicted molar refractivity (Wildman–Crippen MR) is 43.6 cm³/mol. The molecule has 0 saturated heterocycles. The van der Waals surface area contributed by atoms with Crippen molar-refractivity contribution in [1.82, 2.24) is 5.32 Å². The number of hydrogen-bond donors (Lipinski definition) is 3. The largest absolute Gasteiger partial charge is 0.480 e. The molecule has 0 unspecified atom stereocenters. The maximum absolute atomic E-state index is 10.3. The maximum atomic E-state index is 10.3. The molecule has 0 aliphatic carbocycles. The van der Waals surface area contributed by atoms with Crippen LogP contribution in [0.1, 0.15) is 6.92 Å². The summed E-state index contributed by atoms with van der Waals surface area (Å²) in [6.45, 7) is 4.30. The highest BCUT2D eigenvalue weighted by atomic mass is 16.4. The van der Waals surface area contributed by atoms with Gasteiger partial charge in [-0.2, -0.15) is 0 Å². The molecule has 5 nitrogen and oxygen atoms in total. The van der Waals surface area contributed by atoms with E-state index in [2.05, 4.69) is 11.9 Å². The SMILES string of the molecule is C=C(C)C(=O)NC.O=C(O)CO. The van der Waals surface area contributed by atoms with E-state index in [0.717, 1.165) is 0 Å². The van der Waals surface area contributed by atoms with Crippen molar-refractivity contribution in [3.8, 4) is 0 Å². The van der Waals surface area contributed by atoms with Crippen LogP contribution >= 0.6 is 0 Å². The molecule has 0 heterocycles. The average molecular weight is 175 g/mol. The standard InChI is InChI=1S/C5H9NO.C2H4O3/c1-4(2)5(7)6-3;3-1-2(4)5/h1H2,2-3H3,(H,6,7);3H,1H2,(H,4,5). The number of hydrogen-bond acceptors (Lipinski definition) is 3. The van der Waals surface area contributed by atoms with Crippen molar-refractivity contribution in [2.75, 3.05) is 13.7 Å². The summed E-state index contributed by atoms with van der Waals surface area (Å²) in [6.07, 6.45) is 0. The van der Waals surface area contributed by atoms with E-state index in [1.807, 2.05) is 0 Å². The van der Waals surface area contributed by atoms with Crippen molar-refractivity contribution in [2.24, 2.45) is 0 Å². The summed E-state index contributed by atoms with van der Waals surface area (Å²) in [4.78, 5) is 19.4. The summed E-state index contributed by atoms with van der Waals surface area (Å²) in [5.41, 5.74) is 0.544. The zero-order chi connectivity index (χ0) is 10.1. The summed E-state index contributed by atoms with van der Waals surface area (Å²) < 4.78 is 0. The summed E-state index contributed by atoms with van der Waals surface area (Å²) in [6, 6.07) is 0. The van der Waals surface area contributed by atoms with E-state index in [1.54, 1.807) is 14.0 Å². The quantitative estimate of drug-likeness (QED) is 0.488. The fraction of sp³-hybridized carbons (Fsp3) is 0.429. The number of carboxylic acids is 1. The number of aliphatic carboxylic acids is 1. The second-order valence-electron chi connectivity index (χ2n) is 1.91. The number of aliphatic hydroxyl groups excluding tert-OH is 1. The molecular weight excluding hydrogens is 162 g/mol. The van der Waals surface area contributed by atoms with Crippen LogP contribution in [-0.2, 0) is 9.59 Å². The normalized spacial score (nSPS) is 7.58. The number of rotatable bonds is 2. The minimum absolute atomic E-state index is 0.0972. The van der Waals surface area contributed by atoms with Crippen molar-refractivity contribution in [3.63, 3.8) is 0 Å². The van der Waals surface area contributed by atoms with E-state index >= 15 is 0 Å². The zero-order valence-electron chi connectivity index (χ0n) is 7.13. The minimum Gasteiger partial charge on any atom is -0.480 e. The highest BCUT2D eigenvalue weighted by Crippen LogP contribution is 1.81. The van der Waals surface area contributed by atoms with E-state index in [9.17, 15) is 4.79 Å². The van der Waals surface area contributed by atoms with Gasteiger partial charge in [-0.3, -0.25) is 4.79 Å². The van der Waals surface area contributed by atoms with E-state index in [4.69, 9.17) is 15.0 Å². The van der Waals surface area contributed by atoms with Gasteiger partial charge in [-0.1, -0.05) is 6.58 Å². The Balaban J connectivity index is 0. The Kier molecular flexibility index (Phi) is 8.55. The Labute approximate surface area is 70.7 Å². The Morgan fingerprint density at radius 3 is 1.83 bits per heavy atom. The van der Waals surface area contributed by atoms with Crippen LogP contribution in [0, 0.1) is 0 Å². The van der Waals surface area contributed by atoms with Gasteiger partial charge in [-0.05, 0) is 6.92 Å². The van der Waals surface area contributed by atoms with Gasteiger partial charge in [-0.15, -0.1) is 0 Å². The molecule has 0 fully saturated rings. The summed E-state index contributed by atoms with van der Waals surface area (Å²) in [7, 11) is 1.58. The molecular formula is C7H13NO4. The fourth-order valence-corrected chi connectivity index (χ4v) is 0.213. The molecule has 0 aromatic heterocycles. The smallest absolute Gasteiger partial charge is 0.329 e. The monoisotopic (exact) mass is 175 g/mol. The van der Waals surface area contributed by atoms with Crippen LogP contribution in [0.2, 0.25) is 0 Å². The highest BCUT2D eigenvalue weighted by molar-refractivity contribution is 5.91. The van der Waals surface area contributed by atoms with Gasteiger partial charge in [0.1, 0.15) is 6.61 Å². The Hall–Kier alpha value is -1.36. The van der Waals surface area contributed by atoms with Gasteiger partial charge in [0.15, 0.2) is 0 Å². The fourth-order valence-electron chi connectivity index (χ4n) is 0.213. The van der Waals surface area contributed by atoms with Crippen molar-refractivity contribution in [3.05, 3.63) is 12.2 Å². The third-order valence-electron chi connectivity index (χ3n) is 0.750. The van der Waals surface area contributed by atoms with E-state index in [0.29, 0.717) is 5.57 Å². The molecule has 1 amide bonds.